The van der Waals surface area contributed by atoms with Crippen LogP contribution in [0.4, 0.5) is 16.2 Å². The number of nitrogens with zero attached hydrogens (tertiary/aromatic N) is 2. The third-order valence-electron chi connectivity index (χ3n) is 5.98. The van der Waals surface area contributed by atoms with Crippen molar-refractivity contribution in [3.63, 3.8) is 0 Å². The summed E-state index contributed by atoms with van der Waals surface area (Å²) in [7, 11) is 1.46. The molecule has 0 unspecified atom stereocenters. The predicted octanol–water partition coefficient (Wildman–Crippen LogP) is 4.28. The molecule has 1 aliphatic heterocycles. The Morgan fingerprint density at radius 2 is 1.82 bits per heavy atom. The van der Waals surface area contributed by atoms with Crippen LogP contribution in [0.1, 0.15) is 23.6 Å². The molecule has 0 radical (unpaired) electrons. The molecule has 0 spiro atoms. The molecule has 0 saturated carbocycles. The summed E-state index contributed by atoms with van der Waals surface area (Å²) in [4.78, 5) is 49.1. The van der Waals surface area contributed by atoms with Gasteiger partial charge in [-0.05, 0) is 59.5 Å². The van der Waals surface area contributed by atoms with Crippen LogP contribution in [-0.4, -0.2) is 41.3 Å². The SMILES string of the molecule is CCc1ccccc1NC(=O)CN1C(=O)N/C(=C/c2ccc(OCc3ccc([N+](=O)[O-])cc3)c(OC)c2)C1=O. The van der Waals surface area contributed by atoms with Crippen LogP contribution in [0.15, 0.2) is 72.4 Å². The van der Waals surface area contributed by atoms with Crippen molar-refractivity contribution in [1.29, 1.82) is 0 Å². The van der Waals surface area contributed by atoms with Crippen LogP contribution in [0, 0.1) is 10.1 Å². The molecule has 0 aromatic heterocycles. The number of nitrogens with one attached hydrogen (secondary N) is 2. The number of para-hydroxylation sites is 1. The highest BCUT2D eigenvalue weighted by molar-refractivity contribution is 6.16. The van der Waals surface area contributed by atoms with E-state index in [0.29, 0.717) is 22.7 Å². The number of hydrogen-bond acceptors (Lipinski definition) is 7. The minimum absolute atomic E-state index is 0.0108. The van der Waals surface area contributed by atoms with E-state index in [0.717, 1.165) is 22.4 Å². The van der Waals surface area contributed by atoms with Crippen molar-refractivity contribution < 1.29 is 28.8 Å². The smallest absolute Gasteiger partial charge is 0.329 e. The quantitative estimate of drug-likeness (QED) is 0.173. The van der Waals surface area contributed by atoms with Crippen molar-refractivity contribution in [1.82, 2.24) is 10.2 Å². The standard InChI is InChI=1S/C28H26N4O7/c1-3-20-6-4-5-7-22(20)29-26(33)16-31-27(34)23(30-28(31)35)14-19-10-13-24(25(15-19)38-2)39-17-18-8-11-21(12-9-18)32(36)37/h4-15H,3,16-17H2,1-2H3,(H,29,33)(H,30,35)/b23-14+. The predicted molar refractivity (Wildman–Crippen MR) is 143 cm³/mol. The van der Waals surface area contributed by atoms with Gasteiger partial charge in [-0.1, -0.05) is 31.2 Å². The number of carbonyl (C=O) groups is 3. The molecule has 4 rings (SSSR count). The van der Waals surface area contributed by atoms with Crippen LogP contribution < -0.4 is 20.1 Å². The molecule has 0 aliphatic carbocycles. The lowest BCUT2D eigenvalue weighted by atomic mass is 10.1. The van der Waals surface area contributed by atoms with Crippen molar-refractivity contribution in [3.8, 4) is 11.5 Å². The van der Waals surface area contributed by atoms with E-state index >= 15 is 0 Å². The normalized spacial score (nSPS) is 13.8. The maximum Gasteiger partial charge on any atom is 0.329 e. The first-order valence-electron chi connectivity index (χ1n) is 12.1. The summed E-state index contributed by atoms with van der Waals surface area (Å²) in [5.74, 6) is -0.312. The molecule has 3 aromatic carbocycles. The van der Waals surface area contributed by atoms with Crippen LogP contribution in [-0.2, 0) is 22.6 Å². The van der Waals surface area contributed by atoms with Gasteiger partial charge in [0.15, 0.2) is 11.5 Å². The third kappa shape index (κ3) is 6.39. The molecule has 200 valence electrons. The molecule has 4 amide bonds. The number of nitro groups is 1. The van der Waals surface area contributed by atoms with Crippen LogP contribution in [0.2, 0.25) is 0 Å². The van der Waals surface area contributed by atoms with Gasteiger partial charge in [-0.3, -0.25) is 19.7 Å². The minimum atomic E-state index is -0.694. The monoisotopic (exact) mass is 530 g/mol. The Balaban J connectivity index is 1.42. The molecule has 1 aliphatic rings. The van der Waals surface area contributed by atoms with E-state index in [2.05, 4.69) is 10.6 Å². The number of benzene rings is 3. The number of hydrogen-bond donors (Lipinski definition) is 2. The second-order valence-electron chi connectivity index (χ2n) is 8.56. The van der Waals surface area contributed by atoms with E-state index in [-0.39, 0.29) is 18.0 Å². The average Bonchev–Trinajstić information content (AvgIpc) is 3.19. The fourth-order valence-electron chi connectivity index (χ4n) is 3.93. The summed E-state index contributed by atoms with van der Waals surface area (Å²) in [5, 5.41) is 16.1. The number of non-ortho nitro benzene ring substituents is 1. The van der Waals surface area contributed by atoms with Gasteiger partial charge < -0.3 is 20.1 Å². The number of anilines is 1. The summed E-state index contributed by atoms with van der Waals surface area (Å²) < 4.78 is 11.2. The van der Waals surface area contributed by atoms with E-state index in [1.54, 1.807) is 42.5 Å². The Hall–Kier alpha value is -5.19. The van der Waals surface area contributed by atoms with Crippen molar-refractivity contribution in [2.75, 3.05) is 19.0 Å². The lowest BCUT2D eigenvalue weighted by Gasteiger charge is -2.13. The Labute approximate surface area is 224 Å². The Kier molecular flexibility index (Phi) is 8.20. The van der Waals surface area contributed by atoms with Gasteiger partial charge in [0.25, 0.3) is 11.6 Å². The Bertz CT molecular complexity index is 1450. The molecule has 11 heteroatoms. The number of ether oxygens (including phenoxy) is 2. The number of amides is 4. The number of nitro benzene ring substituents is 1. The lowest BCUT2D eigenvalue weighted by molar-refractivity contribution is -0.384. The number of aryl methyl sites for hydroxylation is 1. The Morgan fingerprint density at radius 3 is 2.51 bits per heavy atom. The van der Waals surface area contributed by atoms with Gasteiger partial charge in [0, 0.05) is 17.8 Å². The number of imide groups is 1. The van der Waals surface area contributed by atoms with Crippen LogP contribution in [0.5, 0.6) is 11.5 Å². The van der Waals surface area contributed by atoms with Gasteiger partial charge >= 0.3 is 6.03 Å². The molecule has 39 heavy (non-hydrogen) atoms. The average molecular weight is 531 g/mol. The van der Waals surface area contributed by atoms with Crippen molar-refractivity contribution in [2.24, 2.45) is 0 Å². The second-order valence-corrected chi connectivity index (χ2v) is 8.56. The largest absolute Gasteiger partial charge is 0.493 e. The van der Waals surface area contributed by atoms with Gasteiger partial charge in [-0.15, -0.1) is 0 Å². The zero-order chi connectivity index (χ0) is 27.9. The topological polar surface area (TPSA) is 140 Å². The molecular weight excluding hydrogens is 504 g/mol. The fourth-order valence-corrected chi connectivity index (χ4v) is 3.93. The highest BCUT2D eigenvalue weighted by Crippen LogP contribution is 2.30. The molecule has 1 fully saturated rings. The summed E-state index contributed by atoms with van der Waals surface area (Å²) >= 11 is 0. The third-order valence-corrected chi connectivity index (χ3v) is 5.98. The first kappa shape index (κ1) is 26.9. The van der Waals surface area contributed by atoms with E-state index in [4.69, 9.17) is 9.47 Å². The highest BCUT2D eigenvalue weighted by Gasteiger charge is 2.35. The number of rotatable bonds is 10. The Morgan fingerprint density at radius 1 is 1.08 bits per heavy atom. The molecule has 0 bridgehead atoms. The van der Waals surface area contributed by atoms with Crippen LogP contribution in [0.25, 0.3) is 6.08 Å². The van der Waals surface area contributed by atoms with Gasteiger partial charge in [0.2, 0.25) is 5.91 Å². The molecule has 0 atom stereocenters. The highest BCUT2D eigenvalue weighted by atomic mass is 16.6. The maximum absolute atomic E-state index is 12.9. The zero-order valence-corrected chi connectivity index (χ0v) is 21.3. The van der Waals surface area contributed by atoms with Gasteiger partial charge in [0.05, 0.1) is 12.0 Å². The number of urea groups is 1. The molecule has 11 nitrogen and oxygen atoms in total. The zero-order valence-electron chi connectivity index (χ0n) is 21.3. The van der Waals surface area contributed by atoms with Crippen molar-refractivity contribution >= 4 is 35.3 Å². The molecular formula is C28H26N4O7. The van der Waals surface area contributed by atoms with E-state index in [1.807, 2.05) is 19.1 Å². The summed E-state index contributed by atoms with van der Waals surface area (Å²) in [6.45, 7) is 1.69. The van der Waals surface area contributed by atoms with Crippen LogP contribution in [0.3, 0.4) is 0 Å². The van der Waals surface area contributed by atoms with Gasteiger partial charge in [0.1, 0.15) is 18.8 Å². The maximum atomic E-state index is 12.9. The van der Waals surface area contributed by atoms with Crippen LogP contribution >= 0.6 is 0 Å². The lowest BCUT2D eigenvalue weighted by Crippen LogP contribution is -2.38. The molecule has 2 N–H and O–H groups in total. The number of carbonyl (C=O) groups excluding carboxylic acids is 3. The fraction of sp³-hybridized carbons (Fsp3) is 0.179. The van der Waals surface area contributed by atoms with Gasteiger partial charge in [-0.25, -0.2) is 9.69 Å². The summed E-state index contributed by atoms with van der Waals surface area (Å²) in [6.07, 6.45) is 2.20. The van der Waals surface area contributed by atoms with Crippen molar-refractivity contribution in [3.05, 3.63) is 99.2 Å². The van der Waals surface area contributed by atoms with E-state index in [1.165, 1.54) is 25.3 Å². The molecule has 1 heterocycles. The molecule has 1 saturated heterocycles. The first-order valence-corrected chi connectivity index (χ1v) is 12.1. The summed E-state index contributed by atoms with van der Waals surface area (Å²) in [5.41, 5.74) is 2.87. The van der Waals surface area contributed by atoms with Gasteiger partial charge in [-0.2, -0.15) is 0 Å². The van der Waals surface area contributed by atoms with Crippen molar-refractivity contribution in [2.45, 2.75) is 20.0 Å². The second kappa shape index (κ2) is 11.9. The number of methoxy groups -OCH3 is 1. The summed E-state index contributed by atoms with van der Waals surface area (Å²) in [6, 6.07) is 17.6. The van der Waals surface area contributed by atoms with E-state index in [9.17, 15) is 24.5 Å². The minimum Gasteiger partial charge on any atom is -0.493 e. The first-order chi connectivity index (χ1) is 18.8. The van der Waals surface area contributed by atoms with E-state index < -0.39 is 29.3 Å². The molecule has 3 aromatic rings.